The number of carbonyl (C=O) groups is 3. The van der Waals surface area contributed by atoms with Crippen LogP contribution in [-0.4, -0.2) is 48.4 Å². The van der Waals surface area contributed by atoms with Crippen LogP contribution in [0.5, 0.6) is 0 Å². The maximum atomic E-state index is 12.2. The molecule has 0 aromatic heterocycles. The SMILES string of the molecule is C[C@@H]1C[C@H](C)CN(C(=O)COC(=O)[C@H](C)NC(=O)C(C)(C)C)C1. The smallest absolute Gasteiger partial charge is 0.328 e. The van der Waals surface area contributed by atoms with E-state index >= 15 is 0 Å². The number of carbonyl (C=O) groups excluding carboxylic acids is 3. The van der Waals surface area contributed by atoms with Gasteiger partial charge in [-0.25, -0.2) is 4.79 Å². The number of hydrogen-bond acceptors (Lipinski definition) is 4. The molecule has 6 nitrogen and oxygen atoms in total. The Bertz CT molecular complexity index is 446. The zero-order valence-electron chi connectivity index (χ0n) is 15.1. The third kappa shape index (κ3) is 6.20. The molecule has 0 bridgehead atoms. The van der Waals surface area contributed by atoms with E-state index in [1.807, 2.05) is 0 Å². The Balaban J connectivity index is 2.43. The molecular formula is C17H30N2O4. The second-order valence-corrected chi connectivity index (χ2v) is 7.80. The Morgan fingerprint density at radius 2 is 1.70 bits per heavy atom. The van der Waals surface area contributed by atoms with Crippen LogP contribution in [0.2, 0.25) is 0 Å². The molecule has 1 aliphatic rings. The molecule has 3 atom stereocenters. The van der Waals surface area contributed by atoms with E-state index in [0.29, 0.717) is 24.9 Å². The molecule has 0 aromatic carbocycles. The molecule has 0 aromatic rings. The van der Waals surface area contributed by atoms with Crippen LogP contribution in [0.15, 0.2) is 0 Å². The number of nitrogens with one attached hydrogen (secondary N) is 1. The highest BCUT2D eigenvalue weighted by molar-refractivity contribution is 5.88. The molecule has 1 N–H and O–H groups in total. The van der Waals surface area contributed by atoms with Crippen LogP contribution in [0.1, 0.15) is 48.0 Å². The van der Waals surface area contributed by atoms with E-state index in [2.05, 4.69) is 19.2 Å². The van der Waals surface area contributed by atoms with Gasteiger partial charge in [-0.1, -0.05) is 34.6 Å². The largest absolute Gasteiger partial charge is 0.454 e. The summed E-state index contributed by atoms with van der Waals surface area (Å²) in [5, 5.41) is 2.60. The summed E-state index contributed by atoms with van der Waals surface area (Å²) < 4.78 is 5.06. The lowest BCUT2D eigenvalue weighted by Crippen LogP contribution is -2.47. The Labute approximate surface area is 138 Å². The van der Waals surface area contributed by atoms with Gasteiger partial charge in [0.05, 0.1) is 0 Å². The lowest BCUT2D eigenvalue weighted by atomic mass is 9.92. The van der Waals surface area contributed by atoms with Crippen molar-refractivity contribution in [1.82, 2.24) is 10.2 Å². The summed E-state index contributed by atoms with van der Waals surface area (Å²) in [5.41, 5.74) is -0.579. The molecule has 1 fully saturated rings. The van der Waals surface area contributed by atoms with Crippen molar-refractivity contribution in [3.8, 4) is 0 Å². The molecule has 0 aliphatic carbocycles. The number of likely N-dealkylation sites (tertiary alicyclic amines) is 1. The number of amides is 2. The van der Waals surface area contributed by atoms with Crippen molar-refractivity contribution < 1.29 is 19.1 Å². The number of rotatable bonds is 4. The third-order valence-corrected chi connectivity index (χ3v) is 3.94. The van der Waals surface area contributed by atoms with Crippen LogP contribution in [0, 0.1) is 17.3 Å². The van der Waals surface area contributed by atoms with E-state index in [0.717, 1.165) is 6.42 Å². The number of nitrogens with zero attached hydrogens (tertiary/aromatic N) is 1. The first-order valence-electron chi connectivity index (χ1n) is 8.26. The van der Waals surface area contributed by atoms with E-state index in [9.17, 15) is 14.4 Å². The van der Waals surface area contributed by atoms with Crippen molar-refractivity contribution in [2.45, 2.75) is 54.0 Å². The Hall–Kier alpha value is -1.59. The summed E-state index contributed by atoms with van der Waals surface area (Å²) in [7, 11) is 0. The monoisotopic (exact) mass is 326 g/mol. The van der Waals surface area contributed by atoms with Crippen molar-refractivity contribution >= 4 is 17.8 Å². The maximum Gasteiger partial charge on any atom is 0.328 e. The van der Waals surface area contributed by atoms with E-state index in [1.54, 1.807) is 32.6 Å². The molecule has 0 saturated carbocycles. The molecule has 23 heavy (non-hydrogen) atoms. The quantitative estimate of drug-likeness (QED) is 0.796. The highest BCUT2D eigenvalue weighted by atomic mass is 16.5. The van der Waals surface area contributed by atoms with Crippen LogP contribution in [0.25, 0.3) is 0 Å². The van der Waals surface area contributed by atoms with E-state index < -0.39 is 17.4 Å². The predicted octanol–water partition coefficient (Wildman–Crippen LogP) is 1.58. The first kappa shape index (κ1) is 19.5. The third-order valence-electron chi connectivity index (χ3n) is 3.94. The van der Waals surface area contributed by atoms with Gasteiger partial charge in [0.15, 0.2) is 6.61 Å². The predicted molar refractivity (Wildman–Crippen MR) is 87.5 cm³/mol. The summed E-state index contributed by atoms with van der Waals surface area (Å²) in [6.45, 7) is 12.2. The highest BCUT2D eigenvalue weighted by Gasteiger charge is 2.28. The second kappa shape index (κ2) is 7.79. The summed E-state index contributed by atoms with van der Waals surface area (Å²) in [4.78, 5) is 37.7. The molecule has 1 heterocycles. The van der Waals surface area contributed by atoms with Gasteiger partial charge in [-0.3, -0.25) is 9.59 Å². The van der Waals surface area contributed by atoms with Crippen molar-refractivity contribution in [3.63, 3.8) is 0 Å². The standard InChI is InChI=1S/C17H30N2O4/c1-11-7-12(2)9-19(8-11)14(20)10-23-15(21)13(3)18-16(22)17(4,5)6/h11-13H,7-10H2,1-6H3,(H,18,22)/t11-,12+,13-/m0/s1. The maximum absolute atomic E-state index is 12.2. The minimum Gasteiger partial charge on any atom is -0.454 e. The summed E-state index contributed by atoms with van der Waals surface area (Å²) >= 11 is 0. The van der Waals surface area contributed by atoms with Crippen LogP contribution in [-0.2, 0) is 19.1 Å². The van der Waals surface area contributed by atoms with Crippen LogP contribution < -0.4 is 5.32 Å². The lowest BCUT2D eigenvalue weighted by molar-refractivity contribution is -0.155. The Morgan fingerprint density at radius 1 is 1.17 bits per heavy atom. The molecule has 1 aliphatic heterocycles. The van der Waals surface area contributed by atoms with Crippen LogP contribution in [0.4, 0.5) is 0 Å². The number of esters is 1. The van der Waals surface area contributed by atoms with Gasteiger partial charge in [-0.05, 0) is 25.2 Å². The normalized spacial score (nSPS) is 23.1. The zero-order chi connectivity index (χ0) is 17.8. The van der Waals surface area contributed by atoms with E-state index in [1.165, 1.54) is 0 Å². The molecule has 6 heteroatoms. The molecule has 132 valence electrons. The van der Waals surface area contributed by atoms with Crippen molar-refractivity contribution in [1.29, 1.82) is 0 Å². The van der Waals surface area contributed by atoms with Gasteiger partial charge in [0.1, 0.15) is 6.04 Å². The summed E-state index contributed by atoms with van der Waals surface area (Å²) in [5.74, 6) is -0.0705. The van der Waals surface area contributed by atoms with Crippen LogP contribution in [0.3, 0.4) is 0 Å². The van der Waals surface area contributed by atoms with Gasteiger partial charge >= 0.3 is 5.97 Å². The summed E-state index contributed by atoms with van der Waals surface area (Å²) in [6.07, 6.45) is 1.11. The topological polar surface area (TPSA) is 75.7 Å². The van der Waals surface area contributed by atoms with Gasteiger partial charge in [0.2, 0.25) is 5.91 Å². The first-order valence-corrected chi connectivity index (χ1v) is 8.26. The van der Waals surface area contributed by atoms with Gasteiger partial charge in [-0.2, -0.15) is 0 Å². The second-order valence-electron chi connectivity index (χ2n) is 7.80. The van der Waals surface area contributed by atoms with Gasteiger partial charge in [-0.15, -0.1) is 0 Å². The lowest BCUT2D eigenvalue weighted by Gasteiger charge is -2.34. The molecular weight excluding hydrogens is 296 g/mol. The van der Waals surface area contributed by atoms with Crippen molar-refractivity contribution in [2.24, 2.45) is 17.3 Å². The van der Waals surface area contributed by atoms with Gasteiger partial charge < -0.3 is 15.0 Å². The molecule has 0 radical (unpaired) electrons. The van der Waals surface area contributed by atoms with Gasteiger partial charge in [0, 0.05) is 18.5 Å². The van der Waals surface area contributed by atoms with Crippen molar-refractivity contribution in [2.75, 3.05) is 19.7 Å². The number of hydrogen-bond donors (Lipinski definition) is 1. The summed E-state index contributed by atoms with van der Waals surface area (Å²) in [6, 6.07) is -0.770. The molecule has 0 unspecified atom stereocenters. The average molecular weight is 326 g/mol. The minimum atomic E-state index is -0.770. The Morgan fingerprint density at radius 3 is 2.17 bits per heavy atom. The Kier molecular flexibility index (Phi) is 6.59. The van der Waals surface area contributed by atoms with Crippen LogP contribution >= 0.6 is 0 Å². The molecule has 1 saturated heterocycles. The fourth-order valence-corrected chi connectivity index (χ4v) is 2.69. The molecule has 0 spiro atoms. The minimum absolute atomic E-state index is 0.175. The fourth-order valence-electron chi connectivity index (χ4n) is 2.69. The number of ether oxygens (including phenoxy) is 1. The zero-order valence-corrected chi connectivity index (χ0v) is 15.1. The van der Waals surface area contributed by atoms with Crippen molar-refractivity contribution in [3.05, 3.63) is 0 Å². The molecule has 1 rings (SSSR count). The average Bonchev–Trinajstić information content (AvgIpc) is 2.41. The number of piperidine rings is 1. The fraction of sp³-hybridized carbons (Fsp3) is 0.824. The highest BCUT2D eigenvalue weighted by Crippen LogP contribution is 2.20. The van der Waals surface area contributed by atoms with E-state index in [-0.39, 0.29) is 18.4 Å². The van der Waals surface area contributed by atoms with E-state index in [4.69, 9.17) is 4.74 Å². The van der Waals surface area contributed by atoms with Gasteiger partial charge in [0.25, 0.3) is 5.91 Å². The first-order chi connectivity index (χ1) is 10.5. The molecule has 2 amide bonds.